The van der Waals surface area contributed by atoms with Gasteiger partial charge in [-0.15, -0.1) is 11.3 Å². The van der Waals surface area contributed by atoms with Gasteiger partial charge in [0.25, 0.3) is 0 Å². The van der Waals surface area contributed by atoms with Gasteiger partial charge in [-0.2, -0.15) is 0 Å². The number of anilines is 1. The number of benzene rings is 2. The Bertz CT molecular complexity index is 920. The summed E-state index contributed by atoms with van der Waals surface area (Å²) in [6.45, 7) is 2.58. The lowest BCUT2D eigenvalue weighted by Crippen LogP contribution is -2.07. The highest BCUT2D eigenvalue weighted by atomic mass is 35.5. The number of rotatable bonds is 6. The van der Waals surface area contributed by atoms with Crippen molar-refractivity contribution < 1.29 is 9.53 Å². The standard InChI is InChI=1S/C20H17ClN2O2S/c1-2-25-16-10-7-15(8-11-16)18-13-26-20(22-18)23-19(24)12-9-14-5-3-4-6-17(14)21/h3-13H,2H2,1H3,(H,22,23,24)/b12-9+. The predicted octanol–water partition coefficient (Wildman–Crippen LogP) is 5.51. The zero-order valence-corrected chi connectivity index (χ0v) is 15.7. The van der Waals surface area contributed by atoms with Crippen LogP contribution in [0.2, 0.25) is 5.02 Å². The molecule has 1 aromatic heterocycles. The van der Waals surface area contributed by atoms with Gasteiger partial charge in [-0.3, -0.25) is 10.1 Å². The molecule has 4 nitrogen and oxygen atoms in total. The van der Waals surface area contributed by atoms with Gasteiger partial charge in [0.05, 0.1) is 12.3 Å². The molecule has 0 aliphatic carbocycles. The van der Waals surface area contributed by atoms with Crippen molar-refractivity contribution in [2.75, 3.05) is 11.9 Å². The third-order valence-electron chi connectivity index (χ3n) is 3.51. The second kappa shape index (κ2) is 8.65. The molecule has 1 N–H and O–H groups in total. The Morgan fingerprint density at radius 2 is 2.00 bits per heavy atom. The molecule has 0 unspecified atom stereocenters. The maximum atomic E-state index is 12.1. The maximum Gasteiger partial charge on any atom is 0.250 e. The number of ether oxygens (including phenoxy) is 1. The van der Waals surface area contributed by atoms with Crippen LogP contribution in [0.4, 0.5) is 5.13 Å². The smallest absolute Gasteiger partial charge is 0.250 e. The molecule has 1 amide bonds. The number of nitrogens with one attached hydrogen (secondary N) is 1. The fourth-order valence-corrected chi connectivity index (χ4v) is 3.20. The molecule has 26 heavy (non-hydrogen) atoms. The Balaban J connectivity index is 1.64. The van der Waals surface area contributed by atoms with E-state index in [0.717, 1.165) is 22.6 Å². The molecule has 0 spiro atoms. The lowest BCUT2D eigenvalue weighted by Gasteiger charge is -2.03. The van der Waals surface area contributed by atoms with Crippen molar-refractivity contribution in [3.63, 3.8) is 0 Å². The average Bonchev–Trinajstić information content (AvgIpc) is 3.10. The molecule has 2 aromatic carbocycles. The molecular formula is C20H17ClN2O2S. The molecule has 0 bridgehead atoms. The largest absolute Gasteiger partial charge is 0.494 e. The van der Waals surface area contributed by atoms with Crippen molar-refractivity contribution in [3.05, 3.63) is 70.6 Å². The molecule has 0 aliphatic rings. The monoisotopic (exact) mass is 384 g/mol. The van der Waals surface area contributed by atoms with E-state index < -0.39 is 0 Å². The Hall–Kier alpha value is -2.63. The zero-order chi connectivity index (χ0) is 18.4. The number of carbonyl (C=O) groups is 1. The van der Waals surface area contributed by atoms with Crippen LogP contribution in [0, 0.1) is 0 Å². The molecule has 0 atom stereocenters. The number of carbonyl (C=O) groups excluding carboxylic acids is 1. The van der Waals surface area contributed by atoms with E-state index in [-0.39, 0.29) is 5.91 Å². The minimum absolute atomic E-state index is 0.252. The van der Waals surface area contributed by atoms with Gasteiger partial charge in [-0.25, -0.2) is 4.98 Å². The highest BCUT2D eigenvalue weighted by Gasteiger charge is 2.07. The quantitative estimate of drug-likeness (QED) is 0.570. The van der Waals surface area contributed by atoms with Crippen LogP contribution in [0.15, 0.2) is 60.0 Å². The van der Waals surface area contributed by atoms with Crippen LogP contribution in [-0.2, 0) is 4.79 Å². The summed E-state index contributed by atoms with van der Waals surface area (Å²) in [5, 5.41) is 5.82. The van der Waals surface area contributed by atoms with Gasteiger partial charge in [0, 0.05) is 22.0 Å². The third kappa shape index (κ3) is 4.71. The van der Waals surface area contributed by atoms with Gasteiger partial charge >= 0.3 is 0 Å². The number of halogens is 1. The molecular weight excluding hydrogens is 368 g/mol. The predicted molar refractivity (Wildman–Crippen MR) is 108 cm³/mol. The number of nitrogens with zero attached hydrogens (tertiary/aromatic N) is 1. The number of amides is 1. The van der Waals surface area contributed by atoms with Gasteiger partial charge in [0.2, 0.25) is 5.91 Å². The van der Waals surface area contributed by atoms with Crippen LogP contribution >= 0.6 is 22.9 Å². The summed E-state index contributed by atoms with van der Waals surface area (Å²) in [6.07, 6.45) is 3.12. The third-order valence-corrected chi connectivity index (χ3v) is 4.62. The van der Waals surface area contributed by atoms with Crippen LogP contribution in [0.1, 0.15) is 12.5 Å². The second-order valence-corrected chi connectivity index (χ2v) is 6.60. The first-order valence-corrected chi connectivity index (χ1v) is 9.34. The van der Waals surface area contributed by atoms with Crippen molar-refractivity contribution in [1.29, 1.82) is 0 Å². The highest BCUT2D eigenvalue weighted by molar-refractivity contribution is 7.14. The summed E-state index contributed by atoms with van der Waals surface area (Å²) in [7, 11) is 0. The number of hydrogen-bond acceptors (Lipinski definition) is 4. The van der Waals surface area contributed by atoms with Gasteiger partial charge in [-0.1, -0.05) is 29.8 Å². The molecule has 3 aromatic rings. The van der Waals surface area contributed by atoms with Gasteiger partial charge < -0.3 is 4.74 Å². The fraction of sp³-hybridized carbons (Fsp3) is 0.100. The Labute approximate surface area is 161 Å². The molecule has 0 radical (unpaired) electrons. The first kappa shape index (κ1) is 18.2. The zero-order valence-electron chi connectivity index (χ0n) is 14.1. The minimum Gasteiger partial charge on any atom is -0.494 e. The van der Waals surface area contributed by atoms with E-state index in [1.165, 1.54) is 17.4 Å². The van der Waals surface area contributed by atoms with Crippen LogP contribution in [-0.4, -0.2) is 17.5 Å². The molecule has 6 heteroatoms. The number of thiazole rings is 1. The van der Waals surface area contributed by atoms with Crippen LogP contribution in [0.5, 0.6) is 5.75 Å². The first-order valence-electron chi connectivity index (χ1n) is 8.08. The van der Waals surface area contributed by atoms with Gasteiger partial charge in [0.1, 0.15) is 5.75 Å². The molecule has 1 heterocycles. The van der Waals surface area contributed by atoms with E-state index >= 15 is 0 Å². The van der Waals surface area contributed by atoms with E-state index in [4.69, 9.17) is 16.3 Å². The lowest BCUT2D eigenvalue weighted by atomic mass is 10.2. The maximum absolute atomic E-state index is 12.1. The Morgan fingerprint density at radius 3 is 2.73 bits per heavy atom. The van der Waals surface area contributed by atoms with Crippen molar-refractivity contribution in [2.45, 2.75) is 6.92 Å². The molecule has 132 valence electrons. The Morgan fingerprint density at radius 1 is 1.23 bits per heavy atom. The average molecular weight is 385 g/mol. The van der Waals surface area contributed by atoms with Gasteiger partial charge in [-0.05, 0) is 48.9 Å². The van der Waals surface area contributed by atoms with Gasteiger partial charge in [0.15, 0.2) is 5.13 Å². The number of aromatic nitrogens is 1. The minimum atomic E-state index is -0.252. The number of hydrogen-bond donors (Lipinski definition) is 1. The normalized spacial score (nSPS) is 10.8. The van der Waals surface area contributed by atoms with Crippen LogP contribution in [0.25, 0.3) is 17.3 Å². The second-order valence-electron chi connectivity index (χ2n) is 5.34. The van der Waals surface area contributed by atoms with Crippen molar-refractivity contribution in [3.8, 4) is 17.0 Å². The molecule has 0 saturated heterocycles. The van der Waals surface area contributed by atoms with E-state index in [0.29, 0.717) is 16.8 Å². The van der Waals surface area contributed by atoms with Crippen molar-refractivity contribution in [1.82, 2.24) is 4.98 Å². The van der Waals surface area contributed by atoms with E-state index in [2.05, 4.69) is 10.3 Å². The summed E-state index contributed by atoms with van der Waals surface area (Å²) in [5.41, 5.74) is 2.57. The lowest BCUT2D eigenvalue weighted by molar-refractivity contribution is -0.111. The summed E-state index contributed by atoms with van der Waals surface area (Å²) < 4.78 is 5.43. The summed E-state index contributed by atoms with van der Waals surface area (Å²) in [6, 6.07) is 15.0. The van der Waals surface area contributed by atoms with E-state index in [1.54, 1.807) is 12.1 Å². The molecule has 0 aliphatic heterocycles. The summed E-state index contributed by atoms with van der Waals surface area (Å²) >= 11 is 7.45. The van der Waals surface area contributed by atoms with E-state index in [9.17, 15) is 4.79 Å². The summed E-state index contributed by atoms with van der Waals surface area (Å²) in [4.78, 5) is 16.5. The van der Waals surface area contributed by atoms with Crippen LogP contribution < -0.4 is 10.1 Å². The Kier molecular flexibility index (Phi) is 6.04. The van der Waals surface area contributed by atoms with Crippen LogP contribution in [0.3, 0.4) is 0 Å². The molecule has 0 saturated carbocycles. The molecule has 0 fully saturated rings. The van der Waals surface area contributed by atoms with E-state index in [1.807, 2.05) is 54.8 Å². The highest BCUT2D eigenvalue weighted by Crippen LogP contribution is 2.26. The fourth-order valence-electron chi connectivity index (χ4n) is 2.28. The van der Waals surface area contributed by atoms with Crippen molar-refractivity contribution >= 4 is 40.1 Å². The first-order chi connectivity index (χ1) is 12.7. The topological polar surface area (TPSA) is 51.2 Å². The van der Waals surface area contributed by atoms with Crippen molar-refractivity contribution in [2.24, 2.45) is 0 Å². The summed E-state index contributed by atoms with van der Waals surface area (Å²) in [5.74, 6) is 0.572. The molecule has 3 rings (SSSR count). The SMILES string of the molecule is CCOc1ccc(-c2csc(NC(=O)/C=C/c3ccccc3Cl)n2)cc1.